The van der Waals surface area contributed by atoms with E-state index in [0.717, 1.165) is 18.8 Å². The third-order valence-corrected chi connectivity index (χ3v) is 4.44. The zero-order valence-corrected chi connectivity index (χ0v) is 15.7. The molecule has 2 rings (SSSR count). The van der Waals surface area contributed by atoms with Gasteiger partial charge in [-0.2, -0.15) is 0 Å². The molecule has 1 aliphatic heterocycles. The standard InChI is InChI=1S/C17H27N3O3S/c1-20-7-5-6-12(11-20)10-18-17(24)19-13-8-14(21-2)16(23-4)15(9-13)22-3/h8-9,12H,5-7,10-11H2,1-4H3,(H2,18,19,24). The van der Waals surface area contributed by atoms with Crippen LogP contribution in [-0.2, 0) is 0 Å². The van der Waals surface area contributed by atoms with E-state index in [9.17, 15) is 0 Å². The predicted molar refractivity (Wildman–Crippen MR) is 101 cm³/mol. The molecule has 0 amide bonds. The van der Waals surface area contributed by atoms with Crippen molar-refractivity contribution in [3.63, 3.8) is 0 Å². The zero-order valence-electron chi connectivity index (χ0n) is 14.8. The van der Waals surface area contributed by atoms with Crippen LogP contribution in [0.1, 0.15) is 12.8 Å². The molecule has 7 heteroatoms. The quantitative estimate of drug-likeness (QED) is 0.761. The average Bonchev–Trinajstić information content (AvgIpc) is 2.59. The molecule has 1 saturated heterocycles. The number of anilines is 1. The number of nitrogens with zero attached hydrogens (tertiary/aromatic N) is 1. The van der Waals surface area contributed by atoms with Crippen molar-refractivity contribution >= 4 is 23.0 Å². The lowest BCUT2D eigenvalue weighted by molar-refractivity contribution is 0.211. The van der Waals surface area contributed by atoms with E-state index in [1.54, 1.807) is 21.3 Å². The second-order valence-electron chi connectivity index (χ2n) is 6.02. The van der Waals surface area contributed by atoms with Gasteiger partial charge in [0, 0.05) is 30.9 Å². The van der Waals surface area contributed by atoms with Crippen LogP contribution in [0.25, 0.3) is 0 Å². The Morgan fingerprint density at radius 2 is 1.88 bits per heavy atom. The van der Waals surface area contributed by atoms with Gasteiger partial charge < -0.3 is 29.7 Å². The third-order valence-electron chi connectivity index (χ3n) is 4.20. The smallest absolute Gasteiger partial charge is 0.203 e. The Morgan fingerprint density at radius 1 is 1.21 bits per heavy atom. The highest BCUT2D eigenvalue weighted by molar-refractivity contribution is 7.80. The van der Waals surface area contributed by atoms with Gasteiger partial charge in [0.05, 0.1) is 21.3 Å². The Hall–Kier alpha value is -1.73. The molecule has 1 aliphatic rings. The summed E-state index contributed by atoms with van der Waals surface area (Å²) in [5.74, 6) is 2.38. The molecular weight excluding hydrogens is 326 g/mol. The van der Waals surface area contributed by atoms with Crippen LogP contribution in [0.3, 0.4) is 0 Å². The number of hydrogen-bond acceptors (Lipinski definition) is 5. The summed E-state index contributed by atoms with van der Waals surface area (Å²) in [5, 5.41) is 7.09. The van der Waals surface area contributed by atoms with E-state index >= 15 is 0 Å². The average molecular weight is 353 g/mol. The Kier molecular flexibility index (Phi) is 6.93. The van der Waals surface area contributed by atoms with Crippen molar-refractivity contribution in [2.45, 2.75) is 12.8 Å². The fraction of sp³-hybridized carbons (Fsp3) is 0.588. The van der Waals surface area contributed by atoms with Gasteiger partial charge in [-0.1, -0.05) is 0 Å². The minimum absolute atomic E-state index is 0.565. The fourth-order valence-electron chi connectivity index (χ4n) is 3.01. The summed E-state index contributed by atoms with van der Waals surface area (Å²) in [5.41, 5.74) is 0.794. The molecule has 134 valence electrons. The number of rotatable bonds is 6. The first-order valence-electron chi connectivity index (χ1n) is 8.10. The molecule has 1 heterocycles. The molecule has 0 aliphatic carbocycles. The number of hydrogen-bond donors (Lipinski definition) is 2. The molecule has 0 saturated carbocycles. The highest BCUT2D eigenvalue weighted by Crippen LogP contribution is 2.39. The molecule has 0 radical (unpaired) electrons. The minimum Gasteiger partial charge on any atom is -0.493 e. The first-order valence-corrected chi connectivity index (χ1v) is 8.51. The van der Waals surface area contributed by atoms with E-state index in [4.69, 9.17) is 26.4 Å². The van der Waals surface area contributed by atoms with Gasteiger partial charge in [-0.3, -0.25) is 0 Å². The van der Waals surface area contributed by atoms with Crippen molar-refractivity contribution in [3.05, 3.63) is 12.1 Å². The molecule has 1 fully saturated rings. The van der Waals surface area contributed by atoms with Crippen molar-refractivity contribution in [2.75, 3.05) is 53.3 Å². The number of piperidine rings is 1. The molecule has 0 bridgehead atoms. The lowest BCUT2D eigenvalue weighted by Gasteiger charge is -2.30. The minimum atomic E-state index is 0.565. The number of likely N-dealkylation sites (tertiary alicyclic amines) is 1. The number of ether oxygens (including phenoxy) is 3. The summed E-state index contributed by atoms with van der Waals surface area (Å²) in [7, 11) is 6.94. The van der Waals surface area contributed by atoms with Crippen LogP contribution in [0, 0.1) is 5.92 Å². The molecule has 1 atom stereocenters. The Balaban J connectivity index is 1.95. The molecule has 0 aromatic heterocycles. The molecule has 1 unspecified atom stereocenters. The molecule has 24 heavy (non-hydrogen) atoms. The highest BCUT2D eigenvalue weighted by Gasteiger charge is 2.17. The van der Waals surface area contributed by atoms with Crippen LogP contribution in [0.2, 0.25) is 0 Å². The Labute approximate surface area is 149 Å². The van der Waals surface area contributed by atoms with E-state index in [2.05, 4.69) is 22.6 Å². The van der Waals surface area contributed by atoms with Gasteiger partial charge in [0.25, 0.3) is 0 Å². The maximum absolute atomic E-state index is 5.41. The maximum atomic E-state index is 5.41. The van der Waals surface area contributed by atoms with E-state index in [1.807, 2.05) is 12.1 Å². The monoisotopic (exact) mass is 353 g/mol. The number of benzene rings is 1. The van der Waals surface area contributed by atoms with Gasteiger partial charge in [-0.25, -0.2) is 0 Å². The lowest BCUT2D eigenvalue weighted by atomic mass is 9.99. The van der Waals surface area contributed by atoms with Crippen LogP contribution in [-0.4, -0.2) is 58.0 Å². The summed E-state index contributed by atoms with van der Waals surface area (Å²) in [6.45, 7) is 3.17. The highest BCUT2D eigenvalue weighted by atomic mass is 32.1. The molecular formula is C17H27N3O3S. The van der Waals surface area contributed by atoms with Crippen LogP contribution in [0.15, 0.2) is 12.1 Å². The second kappa shape index (κ2) is 8.94. The molecule has 1 aromatic carbocycles. The van der Waals surface area contributed by atoms with Crippen molar-refractivity contribution in [2.24, 2.45) is 5.92 Å². The largest absolute Gasteiger partial charge is 0.493 e. The topological polar surface area (TPSA) is 55.0 Å². The van der Waals surface area contributed by atoms with Crippen molar-refractivity contribution in [3.8, 4) is 17.2 Å². The van der Waals surface area contributed by atoms with Crippen molar-refractivity contribution < 1.29 is 14.2 Å². The van der Waals surface area contributed by atoms with E-state index in [1.165, 1.54) is 19.4 Å². The van der Waals surface area contributed by atoms with Gasteiger partial charge in [-0.05, 0) is 44.6 Å². The molecule has 6 nitrogen and oxygen atoms in total. The second-order valence-corrected chi connectivity index (χ2v) is 6.43. The Morgan fingerprint density at radius 3 is 2.42 bits per heavy atom. The third kappa shape index (κ3) is 4.88. The number of methoxy groups -OCH3 is 3. The zero-order chi connectivity index (χ0) is 17.5. The fourth-order valence-corrected chi connectivity index (χ4v) is 3.21. The maximum Gasteiger partial charge on any atom is 0.203 e. The first kappa shape index (κ1) is 18.6. The van der Waals surface area contributed by atoms with Crippen LogP contribution in [0.5, 0.6) is 17.2 Å². The summed E-state index contributed by atoms with van der Waals surface area (Å²) in [6.07, 6.45) is 2.49. The van der Waals surface area contributed by atoms with Gasteiger partial charge in [0.15, 0.2) is 16.6 Å². The van der Waals surface area contributed by atoms with Gasteiger partial charge in [0.1, 0.15) is 0 Å². The van der Waals surface area contributed by atoms with Crippen LogP contribution >= 0.6 is 12.2 Å². The molecule has 0 spiro atoms. The van der Waals surface area contributed by atoms with E-state index in [0.29, 0.717) is 28.3 Å². The molecule has 1 aromatic rings. The Bertz CT molecular complexity index is 543. The van der Waals surface area contributed by atoms with Crippen LogP contribution in [0.4, 0.5) is 5.69 Å². The van der Waals surface area contributed by atoms with Gasteiger partial charge in [0.2, 0.25) is 5.75 Å². The number of nitrogens with one attached hydrogen (secondary N) is 2. The summed E-state index contributed by atoms with van der Waals surface area (Å²) in [4.78, 5) is 2.37. The summed E-state index contributed by atoms with van der Waals surface area (Å²) in [6, 6.07) is 3.67. The first-order chi connectivity index (χ1) is 11.6. The summed E-state index contributed by atoms with van der Waals surface area (Å²) >= 11 is 5.41. The normalized spacial score (nSPS) is 17.9. The van der Waals surface area contributed by atoms with Gasteiger partial charge in [-0.15, -0.1) is 0 Å². The lowest BCUT2D eigenvalue weighted by Crippen LogP contribution is -2.40. The van der Waals surface area contributed by atoms with Crippen molar-refractivity contribution in [1.82, 2.24) is 10.2 Å². The number of thiocarbonyl (C=S) groups is 1. The molecule has 2 N–H and O–H groups in total. The van der Waals surface area contributed by atoms with E-state index in [-0.39, 0.29) is 0 Å². The van der Waals surface area contributed by atoms with Gasteiger partial charge >= 0.3 is 0 Å². The van der Waals surface area contributed by atoms with Crippen LogP contribution < -0.4 is 24.8 Å². The van der Waals surface area contributed by atoms with E-state index < -0.39 is 0 Å². The SMILES string of the molecule is COc1cc(NC(=S)NCC2CCCN(C)C2)cc(OC)c1OC. The van der Waals surface area contributed by atoms with Crippen molar-refractivity contribution in [1.29, 1.82) is 0 Å². The summed E-state index contributed by atoms with van der Waals surface area (Å²) < 4.78 is 16.0. The predicted octanol–water partition coefficient (Wildman–Crippen LogP) is 2.34.